The van der Waals surface area contributed by atoms with Crippen molar-refractivity contribution < 1.29 is 0 Å². The number of hydrogen-bond acceptors (Lipinski definition) is 1. The molecule has 0 aromatic heterocycles. The Morgan fingerprint density at radius 2 is 2.14 bits per heavy atom. The average molecular weight is 95.1 g/mol. The van der Waals surface area contributed by atoms with Crippen LogP contribution in [0.25, 0.3) is 0 Å². The Balaban J connectivity index is 3.31. The summed E-state index contributed by atoms with van der Waals surface area (Å²) < 4.78 is 0. The lowest BCUT2D eigenvalue weighted by Crippen LogP contribution is -1.73. The molecule has 0 bridgehead atoms. The van der Waals surface area contributed by atoms with Gasteiger partial charge in [0.05, 0.1) is 6.07 Å². The molecule has 1 nitrogen and oxygen atoms in total. The highest BCUT2D eigenvalue weighted by molar-refractivity contribution is 5.02. The SMILES string of the molecule is CC(C)/C=C\C#N. The van der Waals surface area contributed by atoms with Gasteiger partial charge in [-0.2, -0.15) is 5.26 Å². The van der Waals surface area contributed by atoms with E-state index in [2.05, 4.69) is 0 Å². The van der Waals surface area contributed by atoms with Crippen LogP contribution in [0.1, 0.15) is 13.8 Å². The highest BCUT2D eigenvalue weighted by atomic mass is 14.2. The Morgan fingerprint density at radius 3 is 2.29 bits per heavy atom. The van der Waals surface area contributed by atoms with E-state index in [1.807, 2.05) is 26.0 Å². The van der Waals surface area contributed by atoms with Crippen LogP contribution in [0.5, 0.6) is 0 Å². The second-order valence-electron chi connectivity index (χ2n) is 1.73. The summed E-state index contributed by atoms with van der Waals surface area (Å²) >= 11 is 0. The van der Waals surface area contributed by atoms with Crippen LogP contribution in [-0.2, 0) is 0 Å². The molecule has 38 valence electrons. The zero-order valence-corrected chi connectivity index (χ0v) is 4.68. The summed E-state index contributed by atoms with van der Waals surface area (Å²) in [5, 5.41) is 7.98. The van der Waals surface area contributed by atoms with Crippen molar-refractivity contribution in [1.29, 1.82) is 5.26 Å². The van der Waals surface area contributed by atoms with E-state index in [1.54, 1.807) is 0 Å². The third kappa shape index (κ3) is 5.23. The van der Waals surface area contributed by atoms with Gasteiger partial charge >= 0.3 is 0 Å². The smallest absolute Gasteiger partial charge is 0.0908 e. The van der Waals surface area contributed by atoms with Crippen molar-refractivity contribution in [1.82, 2.24) is 0 Å². The number of allylic oxidation sites excluding steroid dienone is 2. The normalized spacial score (nSPS) is 10.0. The molecule has 7 heavy (non-hydrogen) atoms. The van der Waals surface area contributed by atoms with Gasteiger partial charge in [-0.3, -0.25) is 0 Å². The van der Waals surface area contributed by atoms with Gasteiger partial charge in [0.1, 0.15) is 0 Å². The summed E-state index contributed by atoms with van der Waals surface area (Å²) in [7, 11) is 0. The van der Waals surface area contributed by atoms with Crippen LogP contribution >= 0.6 is 0 Å². The first kappa shape index (κ1) is 6.23. The predicted molar refractivity (Wildman–Crippen MR) is 29.6 cm³/mol. The van der Waals surface area contributed by atoms with Crippen LogP contribution in [0.4, 0.5) is 0 Å². The monoisotopic (exact) mass is 95.1 g/mol. The summed E-state index contributed by atoms with van der Waals surface area (Å²) in [5.74, 6) is 0.500. The van der Waals surface area contributed by atoms with Gasteiger partial charge in [-0.15, -0.1) is 0 Å². The van der Waals surface area contributed by atoms with Gasteiger partial charge in [0.25, 0.3) is 0 Å². The topological polar surface area (TPSA) is 23.8 Å². The van der Waals surface area contributed by atoms with Gasteiger partial charge in [0, 0.05) is 6.08 Å². The molecule has 0 spiro atoms. The Morgan fingerprint density at radius 1 is 1.57 bits per heavy atom. The number of nitriles is 1. The van der Waals surface area contributed by atoms with Crippen molar-refractivity contribution in [3.05, 3.63) is 12.2 Å². The second kappa shape index (κ2) is 3.42. The number of hydrogen-bond donors (Lipinski definition) is 0. The first-order chi connectivity index (χ1) is 3.27. The standard InChI is InChI=1S/C6H9N/c1-6(2)4-3-5-7/h3-4,6H,1-2H3/b4-3-. The van der Waals surface area contributed by atoms with Gasteiger partial charge in [-0.05, 0) is 5.92 Å². The van der Waals surface area contributed by atoms with Crippen LogP contribution < -0.4 is 0 Å². The van der Waals surface area contributed by atoms with E-state index < -0.39 is 0 Å². The summed E-state index contributed by atoms with van der Waals surface area (Å²) in [6, 6.07) is 1.92. The van der Waals surface area contributed by atoms with Gasteiger partial charge in [-0.1, -0.05) is 19.9 Å². The highest BCUT2D eigenvalue weighted by Crippen LogP contribution is 1.90. The molecular weight excluding hydrogens is 86.1 g/mol. The predicted octanol–water partition coefficient (Wildman–Crippen LogP) is 1.72. The van der Waals surface area contributed by atoms with Crippen molar-refractivity contribution in [3.8, 4) is 6.07 Å². The van der Waals surface area contributed by atoms with E-state index in [4.69, 9.17) is 5.26 Å². The van der Waals surface area contributed by atoms with Gasteiger partial charge in [0.2, 0.25) is 0 Å². The van der Waals surface area contributed by atoms with Gasteiger partial charge in [0.15, 0.2) is 0 Å². The molecule has 0 radical (unpaired) electrons. The Hall–Kier alpha value is -0.770. The van der Waals surface area contributed by atoms with Crippen LogP contribution in [0.2, 0.25) is 0 Å². The maximum absolute atomic E-state index is 7.98. The van der Waals surface area contributed by atoms with E-state index in [0.717, 1.165) is 0 Å². The molecule has 0 saturated heterocycles. The van der Waals surface area contributed by atoms with Crippen molar-refractivity contribution >= 4 is 0 Å². The fraction of sp³-hybridized carbons (Fsp3) is 0.500. The Kier molecular flexibility index (Phi) is 3.04. The fourth-order valence-corrected chi connectivity index (χ4v) is 0.235. The Bertz CT molecular complexity index is 95.2. The van der Waals surface area contributed by atoms with Crippen molar-refractivity contribution in [2.24, 2.45) is 5.92 Å². The van der Waals surface area contributed by atoms with E-state index in [1.165, 1.54) is 6.08 Å². The second-order valence-corrected chi connectivity index (χ2v) is 1.73. The molecule has 1 heteroatoms. The number of nitrogens with zero attached hydrogens (tertiary/aromatic N) is 1. The maximum Gasteiger partial charge on any atom is 0.0908 e. The summed E-state index contributed by atoms with van der Waals surface area (Å²) in [5.41, 5.74) is 0. The molecule has 0 aromatic carbocycles. The number of rotatable bonds is 1. The molecule has 0 amide bonds. The average Bonchev–Trinajstić information content (AvgIpc) is 1.61. The van der Waals surface area contributed by atoms with Gasteiger partial charge < -0.3 is 0 Å². The third-order valence-electron chi connectivity index (χ3n) is 0.556. The molecule has 0 unspecified atom stereocenters. The lowest BCUT2D eigenvalue weighted by Gasteiger charge is -1.86. The van der Waals surface area contributed by atoms with Crippen molar-refractivity contribution in [2.45, 2.75) is 13.8 Å². The summed E-state index contributed by atoms with van der Waals surface area (Å²) in [6.45, 7) is 4.07. The van der Waals surface area contributed by atoms with Crippen LogP contribution in [-0.4, -0.2) is 0 Å². The molecule has 0 N–H and O–H groups in total. The van der Waals surface area contributed by atoms with Gasteiger partial charge in [-0.25, -0.2) is 0 Å². The Labute approximate surface area is 44.3 Å². The molecule has 0 saturated carbocycles. The molecular formula is C6H9N. The fourth-order valence-electron chi connectivity index (χ4n) is 0.235. The van der Waals surface area contributed by atoms with E-state index in [0.29, 0.717) is 5.92 Å². The molecule has 0 aliphatic rings. The minimum atomic E-state index is 0.500. The largest absolute Gasteiger partial charge is 0.193 e. The molecule has 0 rings (SSSR count). The lowest BCUT2D eigenvalue weighted by molar-refractivity contribution is 0.832. The third-order valence-corrected chi connectivity index (χ3v) is 0.556. The van der Waals surface area contributed by atoms with Crippen molar-refractivity contribution in [3.63, 3.8) is 0 Å². The van der Waals surface area contributed by atoms with Crippen LogP contribution in [0.3, 0.4) is 0 Å². The summed E-state index contributed by atoms with van der Waals surface area (Å²) in [4.78, 5) is 0. The van der Waals surface area contributed by atoms with E-state index >= 15 is 0 Å². The lowest BCUT2D eigenvalue weighted by atomic mass is 10.2. The quantitative estimate of drug-likeness (QED) is 0.455. The van der Waals surface area contributed by atoms with E-state index in [9.17, 15) is 0 Å². The van der Waals surface area contributed by atoms with E-state index in [-0.39, 0.29) is 0 Å². The molecule has 0 aliphatic heterocycles. The molecule has 0 heterocycles. The van der Waals surface area contributed by atoms with Crippen LogP contribution in [0.15, 0.2) is 12.2 Å². The highest BCUT2D eigenvalue weighted by Gasteiger charge is 1.78. The van der Waals surface area contributed by atoms with Crippen molar-refractivity contribution in [2.75, 3.05) is 0 Å². The minimum absolute atomic E-state index is 0.500. The molecule has 0 atom stereocenters. The first-order valence-electron chi connectivity index (χ1n) is 2.33. The zero-order chi connectivity index (χ0) is 5.70. The zero-order valence-electron chi connectivity index (χ0n) is 4.68. The maximum atomic E-state index is 7.98. The summed E-state index contributed by atoms with van der Waals surface area (Å²) in [6.07, 6.45) is 3.37. The first-order valence-corrected chi connectivity index (χ1v) is 2.33. The van der Waals surface area contributed by atoms with Crippen LogP contribution in [0, 0.1) is 17.2 Å². The minimum Gasteiger partial charge on any atom is -0.193 e. The molecule has 0 fully saturated rings. The molecule has 0 aromatic rings. The molecule has 0 aliphatic carbocycles.